The normalized spacial score (nSPS) is 18.8. The number of likely N-dealkylation sites (tertiary alicyclic amines) is 1. The number of nitrogens with zero attached hydrogens (tertiary/aromatic N) is 4. The summed E-state index contributed by atoms with van der Waals surface area (Å²) in [5.74, 6) is -3.91. The fourth-order valence-electron chi connectivity index (χ4n) is 2.71. The number of aromatic nitrogens is 3. The van der Waals surface area contributed by atoms with E-state index in [1.54, 1.807) is 11.6 Å². The van der Waals surface area contributed by atoms with Gasteiger partial charge in [-0.1, -0.05) is 0 Å². The van der Waals surface area contributed by atoms with Gasteiger partial charge in [-0.15, -0.1) is 10.2 Å². The van der Waals surface area contributed by atoms with E-state index in [2.05, 4.69) is 14.9 Å². The number of aliphatic hydroxyl groups is 1. The number of aliphatic hydroxyl groups excluding tert-OH is 1. The summed E-state index contributed by atoms with van der Waals surface area (Å²) in [5, 5.41) is 17.0. The molecule has 1 aliphatic heterocycles. The maximum atomic E-state index is 12.8. The molecule has 0 radical (unpaired) electrons. The zero-order chi connectivity index (χ0) is 18.6. The third-order valence-electron chi connectivity index (χ3n) is 4.12. The number of ether oxygens (including phenoxy) is 1. The Bertz CT molecular complexity index is 597. The lowest BCUT2D eigenvalue weighted by molar-refractivity contribution is -0.171. The van der Waals surface area contributed by atoms with Gasteiger partial charge in [0, 0.05) is 26.1 Å². The number of piperidine rings is 1. The molecule has 1 aromatic heterocycles. The molecule has 2 heterocycles. The Labute approximate surface area is 141 Å². The van der Waals surface area contributed by atoms with Crippen LogP contribution in [0, 0.1) is 0 Å². The van der Waals surface area contributed by atoms with Gasteiger partial charge in [-0.05, 0) is 12.8 Å². The fourth-order valence-corrected chi connectivity index (χ4v) is 2.71. The van der Waals surface area contributed by atoms with Gasteiger partial charge in [-0.3, -0.25) is 4.79 Å². The Morgan fingerprint density at radius 1 is 1.44 bits per heavy atom. The van der Waals surface area contributed by atoms with Crippen LogP contribution >= 0.6 is 0 Å². The first-order valence-electron chi connectivity index (χ1n) is 7.76. The third-order valence-corrected chi connectivity index (χ3v) is 4.12. The maximum absolute atomic E-state index is 12.8. The number of hydrogen-bond donors (Lipinski definition) is 1. The van der Waals surface area contributed by atoms with Gasteiger partial charge in [-0.25, -0.2) is 8.78 Å². The number of amides is 1. The van der Waals surface area contributed by atoms with Gasteiger partial charge in [0.1, 0.15) is 25.6 Å². The summed E-state index contributed by atoms with van der Waals surface area (Å²) in [6, 6.07) is 0. The summed E-state index contributed by atoms with van der Waals surface area (Å²) < 4.78 is 55.7. The van der Waals surface area contributed by atoms with Crippen LogP contribution in [0.2, 0.25) is 0 Å². The van der Waals surface area contributed by atoms with Crippen LogP contribution in [0.15, 0.2) is 0 Å². The Morgan fingerprint density at radius 3 is 2.76 bits per heavy atom. The highest BCUT2D eigenvalue weighted by atomic mass is 19.3. The SMILES string of the molecule is Cn1c(CO)nnc1C1CCCN(C(=O)COCC(F)(F)C(F)F)C1. The van der Waals surface area contributed by atoms with E-state index < -0.39 is 31.5 Å². The second-order valence-electron chi connectivity index (χ2n) is 5.92. The summed E-state index contributed by atoms with van der Waals surface area (Å²) in [7, 11) is 1.71. The summed E-state index contributed by atoms with van der Waals surface area (Å²) in [4.78, 5) is 13.5. The van der Waals surface area contributed by atoms with Crippen LogP contribution < -0.4 is 0 Å². The van der Waals surface area contributed by atoms with E-state index in [0.29, 0.717) is 31.2 Å². The lowest BCUT2D eigenvalue weighted by Crippen LogP contribution is -2.42. The van der Waals surface area contributed by atoms with Crippen molar-refractivity contribution in [1.82, 2.24) is 19.7 Å². The van der Waals surface area contributed by atoms with Crippen LogP contribution in [-0.4, -0.2) is 69.3 Å². The highest BCUT2D eigenvalue weighted by molar-refractivity contribution is 5.77. The number of carbonyl (C=O) groups is 1. The Hall–Kier alpha value is -1.75. The maximum Gasteiger partial charge on any atom is 0.330 e. The first kappa shape index (κ1) is 19.6. The minimum atomic E-state index is -4.27. The molecule has 25 heavy (non-hydrogen) atoms. The zero-order valence-corrected chi connectivity index (χ0v) is 13.7. The molecular formula is C14H20F4N4O3. The van der Waals surface area contributed by atoms with Crippen LogP contribution in [0.25, 0.3) is 0 Å². The molecule has 1 saturated heterocycles. The van der Waals surface area contributed by atoms with Crippen molar-refractivity contribution in [2.75, 3.05) is 26.3 Å². The Balaban J connectivity index is 1.90. The molecule has 1 atom stereocenters. The topological polar surface area (TPSA) is 80.5 Å². The lowest BCUT2D eigenvalue weighted by atomic mass is 9.97. The predicted octanol–water partition coefficient (Wildman–Crippen LogP) is 0.930. The van der Waals surface area contributed by atoms with E-state index in [-0.39, 0.29) is 12.5 Å². The second-order valence-corrected chi connectivity index (χ2v) is 5.92. The quantitative estimate of drug-likeness (QED) is 0.725. The van der Waals surface area contributed by atoms with E-state index in [1.807, 2.05) is 0 Å². The van der Waals surface area contributed by atoms with E-state index in [9.17, 15) is 22.4 Å². The number of halogens is 4. The third kappa shape index (κ3) is 4.66. The highest BCUT2D eigenvalue weighted by Crippen LogP contribution is 2.26. The molecule has 1 amide bonds. The second kappa shape index (κ2) is 8.09. The van der Waals surface area contributed by atoms with E-state index in [0.717, 1.165) is 6.42 Å². The standard InChI is InChI=1S/C14H20F4N4O3/c1-21-10(6-23)19-20-12(21)9-3-2-4-22(5-9)11(24)7-25-8-14(17,18)13(15)16/h9,13,23H,2-8H2,1H3. The largest absolute Gasteiger partial charge is 0.388 e. The lowest BCUT2D eigenvalue weighted by Gasteiger charge is -2.32. The Morgan fingerprint density at radius 2 is 2.16 bits per heavy atom. The van der Waals surface area contributed by atoms with Crippen LogP contribution in [0.3, 0.4) is 0 Å². The average Bonchev–Trinajstić information content (AvgIpc) is 2.95. The molecule has 0 saturated carbocycles. The van der Waals surface area contributed by atoms with Crippen molar-refractivity contribution in [3.63, 3.8) is 0 Å². The summed E-state index contributed by atoms with van der Waals surface area (Å²) in [6.07, 6.45) is -2.41. The van der Waals surface area contributed by atoms with Gasteiger partial charge in [0.25, 0.3) is 0 Å². The van der Waals surface area contributed by atoms with Crippen molar-refractivity contribution in [3.8, 4) is 0 Å². The minimum absolute atomic E-state index is 0.113. The zero-order valence-electron chi connectivity index (χ0n) is 13.7. The van der Waals surface area contributed by atoms with Gasteiger partial charge >= 0.3 is 12.3 Å². The van der Waals surface area contributed by atoms with Crippen molar-refractivity contribution in [1.29, 1.82) is 0 Å². The minimum Gasteiger partial charge on any atom is -0.388 e. The molecule has 2 rings (SSSR count). The molecule has 0 aromatic carbocycles. The fraction of sp³-hybridized carbons (Fsp3) is 0.786. The van der Waals surface area contributed by atoms with Crippen LogP contribution in [0.4, 0.5) is 17.6 Å². The summed E-state index contributed by atoms with van der Waals surface area (Å²) in [5.41, 5.74) is 0. The monoisotopic (exact) mass is 368 g/mol. The molecule has 0 spiro atoms. The number of rotatable bonds is 7. The molecule has 0 aliphatic carbocycles. The molecule has 1 fully saturated rings. The first-order valence-corrected chi connectivity index (χ1v) is 7.76. The number of carbonyl (C=O) groups excluding carboxylic acids is 1. The molecule has 7 nitrogen and oxygen atoms in total. The van der Waals surface area contributed by atoms with E-state index in [4.69, 9.17) is 5.11 Å². The Kier molecular flexibility index (Phi) is 6.33. The first-order chi connectivity index (χ1) is 11.8. The van der Waals surface area contributed by atoms with E-state index in [1.165, 1.54) is 4.90 Å². The molecule has 1 unspecified atom stereocenters. The molecular weight excluding hydrogens is 348 g/mol. The van der Waals surface area contributed by atoms with Crippen LogP contribution in [0.5, 0.6) is 0 Å². The highest BCUT2D eigenvalue weighted by Gasteiger charge is 2.41. The summed E-state index contributed by atoms with van der Waals surface area (Å²) in [6.45, 7) is -1.73. The smallest absolute Gasteiger partial charge is 0.330 e. The van der Waals surface area contributed by atoms with Gasteiger partial charge in [0.2, 0.25) is 5.91 Å². The van der Waals surface area contributed by atoms with E-state index >= 15 is 0 Å². The molecule has 1 N–H and O–H groups in total. The van der Waals surface area contributed by atoms with Crippen LogP contribution in [0.1, 0.15) is 30.4 Å². The van der Waals surface area contributed by atoms with Gasteiger partial charge in [-0.2, -0.15) is 8.78 Å². The number of alkyl halides is 4. The van der Waals surface area contributed by atoms with Gasteiger partial charge in [0.15, 0.2) is 5.82 Å². The average molecular weight is 368 g/mol. The van der Waals surface area contributed by atoms with Gasteiger partial charge in [0.05, 0.1) is 0 Å². The van der Waals surface area contributed by atoms with Crippen molar-refractivity contribution < 1.29 is 32.2 Å². The molecule has 0 bridgehead atoms. The van der Waals surface area contributed by atoms with Crippen molar-refractivity contribution in [2.24, 2.45) is 7.05 Å². The van der Waals surface area contributed by atoms with Crippen molar-refractivity contribution in [2.45, 2.75) is 37.7 Å². The molecule has 11 heteroatoms. The number of hydrogen-bond acceptors (Lipinski definition) is 5. The summed E-state index contributed by atoms with van der Waals surface area (Å²) >= 11 is 0. The van der Waals surface area contributed by atoms with Crippen molar-refractivity contribution in [3.05, 3.63) is 11.6 Å². The molecule has 142 valence electrons. The van der Waals surface area contributed by atoms with Crippen LogP contribution in [-0.2, 0) is 23.2 Å². The molecule has 1 aliphatic rings. The predicted molar refractivity (Wildman–Crippen MR) is 77.3 cm³/mol. The van der Waals surface area contributed by atoms with Crippen molar-refractivity contribution >= 4 is 5.91 Å². The molecule has 1 aromatic rings. The van der Waals surface area contributed by atoms with Gasteiger partial charge < -0.3 is 19.3 Å².